The van der Waals surface area contributed by atoms with Crippen LogP contribution in [0.3, 0.4) is 0 Å². The molecule has 0 saturated carbocycles. The minimum atomic E-state index is -0.00555. The number of rotatable bonds is 2. The van der Waals surface area contributed by atoms with Crippen molar-refractivity contribution in [2.45, 2.75) is 52.1 Å². The number of nitrogens with one attached hydrogen (secondary N) is 1. The van der Waals surface area contributed by atoms with Crippen molar-refractivity contribution in [3.63, 3.8) is 0 Å². The predicted octanol–water partition coefficient (Wildman–Crippen LogP) is 2.57. The van der Waals surface area contributed by atoms with Gasteiger partial charge in [-0.25, -0.2) is 0 Å². The second-order valence-corrected chi connectivity index (χ2v) is 6.98. The van der Waals surface area contributed by atoms with Crippen molar-refractivity contribution in [1.82, 2.24) is 10.2 Å². The third-order valence-electron chi connectivity index (χ3n) is 4.29. The zero-order valence-corrected chi connectivity index (χ0v) is 13.6. The van der Waals surface area contributed by atoms with Gasteiger partial charge in [0.15, 0.2) is 0 Å². The molecule has 21 heavy (non-hydrogen) atoms. The smallest absolute Gasteiger partial charge is 0.251 e. The molecule has 1 aliphatic heterocycles. The van der Waals surface area contributed by atoms with Crippen LogP contribution in [0.1, 0.15) is 49.5 Å². The summed E-state index contributed by atoms with van der Waals surface area (Å²) in [6.07, 6.45) is 2.01. The van der Waals surface area contributed by atoms with Gasteiger partial charge in [0.25, 0.3) is 5.91 Å². The molecule has 0 aromatic heterocycles. The van der Waals surface area contributed by atoms with Crippen molar-refractivity contribution in [3.05, 3.63) is 29.3 Å². The number of hydrogen-bond donors (Lipinski definition) is 2. The Bertz CT molecular complexity index is 511. The Morgan fingerprint density at radius 2 is 1.90 bits per heavy atom. The molecule has 1 aromatic rings. The van der Waals surface area contributed by atoms with E-state index in [0.717, 1.165) is 31.5 Å². The van der Waals surface area contributed by atoms with E-state index < -0.39 is 0 Å². The Labute approximate surface area is 127 Å². The maximum atomic E-state index is 12.4. The summed E-state index contributed by atoms with van der Waals surface area (Å²) in [5.41, 5.74) is 8.27. The largest absolute Gasteiger partial charge is 0.399 e. The van der Waals surface area contributed by atoms with E-state index in [9.17, 15) is 4.79 Å². The molecular formula is C17H27N3O. The standard InChI is InChI=1S/C17H27N3O/c1-12-5-6-13(18)11-15(12)16(21)19-14-7-9-20(10-8-14)17(2,3)4/h5-6,11,14H,7-10,18H2,1-4H3,(H,19,21). The number of nitrogen functional groups attached to an aromatic ring is 1. The van der Waals surface area contributed by atoms with E-state index in [1.54, 1.807) is 6.07 Å². The molecule has 0 radical (unpaired) electrons. The third kappa shape index (κ3) is 3.97. The quantitative estimate of drug-likeness (QED) is 0.823. The molecule has 1 aromatic carbocycles. The first-order valence-electron chi connectivity index (χ1n) is 7.69. The van der Waals surface area contributed by atoms with Crippen LogP contribution < -0.4 is 11.1 Å². The molecule has 0 unspecified atom stereocenters. The molecule has 1 heterocycles. The van der Waals surface area contributed by atoms with Crippen LogP contribution in [0.25, 0.3) is 0 Å². The van der Waals surface area contributed by atoms with Crippen LogP contribution in [0.15, 0.2) is 18.2 Å². The lowest BCUT2D eigenvalue weighted by molar-refractivity contribution is 0.0812. The lowest BCUT2D eigenvalue weighted by atomic mass is 9.97. The van der Waals surface area contributed by atoms with Crippen molar-refractivity contribution in [1.29, 1.82) is 0 Å². The normalized spacial score (nSPS) is 17.7. The van der Waals surface area contributed by atoms with Gasteiger partial charge in [-0.3, -0.25) is 9.69 Å². The summed E-state index contributed by atoms with van der Waals surface area (Å²) in [4.78, 5) is 14.9. The molecule has 0 aliphatic carbocycles. The van der Waals surface area contributed by atoms with Crippen LogP contribution in [0, 0.1) is 6.92 Å². The van der Waals surface area contributed by atoms with E-state index in [1.165, 1.54) is 0 Å². The molecule has 0 bridgehead atoms. The fraction of sp³-hybridized carbons (Fsp3) is 0.588. The molecule has 4 nitrogen and oxygen atoms in total. The lowest BCUT2D eigenvalue weighted by Gasteiger charge is -2.41. The molecule has 116 valence electrons. The van der Waals surface area contributed by atoms with Crippen molar-refractivity contribution in [3.8, 4) is 0 Å². The minimum absolute atomic E-state index is 0.00555. The summed E-state index contributed by atoms with van der Waals surface area (Å²) >= 11 is 0. The topological polar surface area (TPSA) is 58.4 Å². The second kappa shape index (κ2) is 6.06. The van der Waals surface area contributed by atoms with Crippen molar-refractivity contribution in [2.75, 3.05) is 18.8 Å². The van der Waals surface area contributed by atoms with Crippen molar-refractivity contribution >= 4 is 11.6 Å². The summed E-state index contributed by atoms with van der Waals surface area (Å²) in [6, 6.07) is 5.74. The van der Waals surface area contributed by atoms with E-state index in [1.807, 2.05) is 19.1 Å². The van der Waals surface area contributed by atoms with Gasteiger partial charge >= 0.3 is 0 Å². The van der Waals surface area contributed by atoms with Crippen LogP contribution in [0.2, 0.25) is 0 Å². The number of piperidine rings is 1. The SMILES string of the molecule is Cc1ccc(N)cc1C(=O)NC1CCN(C(C)(C)C)CC1. The number of carbonyl (C=O) groups is 1. The van der Waals surface area contributed by atoms with Gasteiger partial charge in [0.2, 0.25) is 0 Å². The summed E-state index contributed by atoms with van der Waals surface area (Å²) in [5.74, 6) is -0.00555. The molecule has 3 N–H and O–H groups in total. The number of benzene rings is 1. The molecule has 1 aliphatic rings. The highest BCUT2D eigenvalue weighted by molar-refractivity contribution is 5.96. The van der Waals surface area contributed by atoms with Gasteiger partial charge < -0.3 is 11.1 Å². The van der Waals surface area contributed by atoms with E-state index in [-0.39, 0.29) is 17.5 Å². The molecule has 4 heteroatoms. The van der Waals surface area contributed by atoms with Gasteiger partial charge in [-0.1, -0.05) is 6.07 Å². The number of amides is 1. The maximum absolute atomic E-state index is 12.4. The van der Waals surface area contributed by atoms with Gasteiger partial charge in [-0.05, 0) is 58.2 Å². The fourth-order valence-corrected chi connectivity index (χ4v) is 2.84. The van der Waals surface area contributed by atoms with Gasteiger partial charge in [0, 0.05) is 35.9 Å². The van der Waals surface area contributed by atoms with Crippen LogP contribution >= 0.6 is 0 Å². The molecule has 1 amide bonds. The first kappa shape index (κ1) is 15.8. The van der Waals surface area contributed by atoms with E-state index >= 15 is 0 Å². The minimum Gasteiger partial charge on any atom is -0.399 e. The summed E-state index contributed by atoms with van der Waals surface area (Å²) in [5, 5.41) is 3.15. The van der Waals surface area contributed by atoms with Gasteiger partial charge in [-0.2, -0.15) is 0 Å². The highest BCUT2D eigenvalue weighted by Crippen LogP contribution is 2.20. The van der Waals surface area contributed by atoms with Crippen LogP contribution in [0.4, 0.5) is 5.69 Å². The number of aryl methyl sites for hydroxylation is 1. The van der Waals surface area contributed by atoms with Crippen LogP contribution in [-0.2, 0) is 0 Å². The van der Waals surface area contributed by atoms with Crippen LogP contribution in [0.5, 0.6) is 0 Å². The number of carbonyl (C=O) groups excluding carboxylic acids is 1. The highest BCUT2D eigenvalue weighted by atomic mass is 16.1. The molecular weight excluding hydrogens is 262 g/mol. The van der Waals surface area contributed by atoms with Gasteiger partial charge in [0.1, 0.15) is 0 Å². The number of nitrogens with zero attached hydrogens (tertiary/aromatic N) is 1. The summed E-state index contributed by atoms with van der Waals surface area (Å²) < 4.78 is 0. The number of nitrogens with two attached hydrogens (primary N) is 1. The van der Waals surface area contributed by atoms with Crippen molar-refractivity contribution in [2.24, 2.45) is 0 Å². The van der Waals surface area contributed by atoms with E-state index in [4.69, 9.17) is 5.73 Å². The number of hydrogen-bond acceptors (Lipinski definition) is 3. The highest BCUT2D eigenvalue weighted by Gasteiger charge is 2.27. The van der Waals surface area contributed by atoms with E-state index in [0.29, 0.717) is 11.3 Å². The Morgan fingerprint density at radius 3 is 2.48 bits per heavy atom. The van der Waals surface area contributed by atoms with Gasteiger partial charge in [-0.15, -0.1) is 0 Å². The molecule has 2 rings (SSSR count). The average Bonchev–Trinajstić information content (AvgIpc) is 2.41. The maximum Gasteiger partial charge on any atom is 0.251 e. The third-order valence-corrected chi connectivity index (χ3v) is 4.29. The fourth-order valence-electron chi connectivity index (χ4n) is 2.84. The zero-order valence-electron chi connectivity index (χ0n) is 13.6. The summed E-state index contributed by atoms with van der Waals surface area (Å²) in [7, 11) is 0. The Kier molecular flexibility index (Phi) is 4.57. The molecule has 1 saturated heterocycles. The van der Waals surface area contributed by atoms with Gasteiger partial charge in [0.05, 0.1) is 0 Å². The number of likely N-dealkylation sites (tertiary alicyclic amines) is 1. The van der Waals surface area contributed by atoms with E-state index in [2.05, 4.69) is 31.0 Å². The zero-order chi connectivity index (χ0) is 15.6. The second-order valence-electron chi connectivity index (χ2n) is 6.98. The Hall–Kier alpha value is -1.55. The molecule has 0 spiro atoms. The van der Waals surface area contributed by atoms with Crippen LogP contribution in [-0.4, -0.2) is 35.5 Å². The first-order valence-corrected chi connectivity index (χ1v) is 7.69. The molecule has 1 fully saturated rings. The summed E-state index contributed by atoms with van der Waals surface area (Å²) in [6.45, 7) is 10.7. The number of anilines is 1. The first-order chi connectivity index (χ1) is 9.77. The lowest BCUT2D eigenvalue weighted by Crippen LogP contribution is -2.50. The Morgan fingerprint density at radius 1 is 1.29 bits per heavy atom. The van der Waals surface area contributed by atoms with Crippen molar-refractivity contribution < 1.29 is 4.79 Å². The Balaban J connectivity index is 1.94. The molecule has 0 atom stereocenters. The average molecular weight is 289 g/mol. The predicted molar refractivity (Wildman–Crippen MR) is 87.4 cm³/mol. The monoisotopic (exact) mass is 289 g/mol.